The number of hydrogen-bond acceptors (Lipinski definition) is 3. The van der Waals surface area contributed by atoms with Gasteiger partial charge in [-0.3, -0.25) is 0 Å². The lowest BCUT2D eigenvalue weighted by Gasteiger charge is -2.02. The second kappa shape index (κ2) is 7.03. The number of benzene rings is 3. The van der Waals surface area contributed by atoms with Crippen LogP contribution in [-0.4, -0.2) is 22.1 Å². The summed E-state index contributed by atoms with van der Waals surface area (Å²) in [5.41, 5.74) is 5.24. The summed E-state index contributed by atoms with van der Waals surface area (Å²) in [5, 5.41) is 9.53. The Morgan fingerprint density at radius 1 is 0.778 bits per heavy atom. The molecule has 0 spiro atoms. The molecule has 134 valence electrons. The third-order valence-electron chi connectivity index (χ3n) is 4.44. The number of methoxy groups -OCH3 is 1. The van der Waals surface area contributed by atoms with Crippen molar-refractivity contribution in [2.75, 3.05) is 7.11 Å². The number of aromatic nitrogens is 4. The van der Waals surface area contributed by atoms with E-state index < -0.39 is 0 Å². The third-order valence-corrected chi connectivity index (χ3v) is 4.44. The Balaban J connectivity index is 1.86. The molecule has 0 saturated heterocycles. The van der Waals surface area contributed by atoms with Gasteiger partial charge in [-0.15, -0.1) is 0 Å². The smallest absolute Gasteiger partial charge is 0.340 e. The molecule has 27 heavy (non-hydrogen) atoms. The number of aryl methyl sites for hydroxylation is 2. The average molecular weight is 357 g/mol. The fraction of sp³-hybridized carbons (Fsp3) is 0.136. The molecule has 0 unspecified atom stereocenters. The first-order valence-corrected chi connectivity index (χ1v) is 8.82. The maximum Gasteiger partial charge on any atom is 0.340 e. The third kappa shape index (κ3) is 3.44. The average Bonchev–Trinajstić information content (AvgIpc) is 3.14. The molecule has 0 atom stereocenters. The van der Waals surface area contributed by atoms with Crippen molar-refractivity contribution in [1.82, 2.24) is 15.0 Å². The number of tetrazole rings is 1. The lowest BCUT2D eigenvalue weighted by atomic mass is 10.1. The standard InChI is InChI=1S/C22H21N4O/c1-16-4-8-18(9-5-16)22-23-25(19-10-6-17(2)7-11-19)26(24-22)20-12-14-21(27-3)15-13-20/h4-15H,1-3H3/q+1. The van der Waals surface area contributed by atoms with Crippen LogP contribution in [-0.2, 0) is 0 Å². The molecule has 5 nitrogen and oxygen atoms in total. The van der Waals surface area contributed by atoms with Crippen LogP contribution >= 0.6 is 0 Å². The van der Waals surface area contributed by atoms with Crippen LogP contribution in [0.5, 0.6) is 5.75 Å². The van der Waals surface area contributed by atoms with Gasteiger partial charge in [0.05, 0.1) is 17.8 Å². The molecular weight excluding hydrogens is 336 g/mol. The Hall–Kier alpha value is -3.47. The van der Waals surface area contributed by atoms with Crippen LogP contribution in [0.2, 0.25) is 0 Å². The van der Waals surface area contributed by atoms with E-state index in [0.717, 1.165) is 22.7 Å². The molecule has 0 bridgehead atoms. The molecule has 0 aliphatic heterocycles. The summed E-state index contributed by atoms with van der Waals surface area (Å²) in [7, 11) is 1.66. The molecular formula is C22H21N4O+. The Bertz CT molecular complexity index is 1050. The van der Waals surface area contributed by atoms with E-state index >= 15 is 0 Å². The van der Waals surface area contributed by atoms with E-state index in [2.05, 4.69) is 38.1 Å². The summed E-state index contributed by atoms with van der Waals surface area (Å²) >= 11 is 0. The van der Waals surface area contributed by atoms with Crippen LogP contribution in [0.25, 0.3) is 22.8 Å². The van der Waals surface area contributed by atoms with Gasteiger partial charge in [-0.05, 0) is 72.3 Å². The van der Waals surface area contributed by atoms with Crippen LogP contribution < -0.4 is 9.53 Å². The van der Waals surface area contributed by atoms with Gasteiger partial charge >= 0.3 is 5.82 Å². The molecule has 4 rings (SSSR count). The maximum absolute atomic E-state index is 5.27. The molecule has 0 radical (unpaired) electrons. The zero-order valence-corrected chi connectivity index (χ0v) is 15.6. The minimum absolute atomic E-state index is 0.673. The van der Waals surface area contributed by atoms with E-state index in [1.165, 1.54) is 11.1 Å². The monoisotopic (exact) mass is 357 g/mol. The van der Waals surface area contributed by atoms with Gasteiger partial charge in [0, 0.05) is 4.80 Å². The van der Waals surface area contributed by atoms with Crippen molar-refractivity contribution in [3.63, 3.8) is 0 Å². The van der Waals surface area contributed by atoms with Gasteiger partial charge in [-0.1, -0.05) is 35.4 Å². The highest BCUT2D eigenvalue weighted by Crippen LogP contribution is 2.18. The van der Waals surface area contributed by atoms with E-state index in [-0.39, 0.29) is 0 Å². The summed E-state index contributed by atoms with van der Waals surface area (Å²) in [5.74, 6) is 1.48. The van der Waals surface area contributed by atoms with E-state index in [9.17, 15) is 0 Å². The van der Waals surface area contributed by atoms with Crippen molar-refractivity contribution >= 4 is 0 Å². The summed E-state index contributed by atoms with van der Waals surface area (Å²) in [6, 6.07) is 24.2. The lowest BCUT2D eigenvalue weighted by Crippen LogP contribution is -2.43. The fourth-order valence-electron chi connectivity index (χ4n) is 2.83. The van der Waals surface area contributed by atoms with Gasteiger partial charge in [0.1, 0.15) is 11.4 Å². The van der Waals surface area contributed by atoms with E-state index in [1.807, 2.05) is 53.3 Å². The van der Waals surface area contributed by atoms with Crippen molar-refractivity contribution < 1.29 is 9.53 Å². The van der Waals surface area contributed by atoms with Crippen molar-refractivity contribution in [3.8, 4) is 28.5 Å². The number of ether oxygens (including phenoxy) is 1. The van der Waals surface area contributed by atoms with Crippen LogP contribution in [0.15, 0.2) is 72.8 Å². The highest BCUT2D eigenvalue weighted by molar-refractivity contribution is 5.54. The SMILES string of the molecule is COc1ccc(-n2nc(-c3ccc(C)cc3)n[n+]2-c2ccc(C)cc2)cc1. The minimum Gasteiger partial charge on any atom is -0.497 e. The first-order chi connectivity index (χ1) is 13.1. The van der Waals surface area contributed by atoms with E-state index in [4.69, 9.17) is 14.9 Å². The highest BCUT2D eigenvalue weighted by Gasteiger charge is 2.23. The quantitative estimate of drug-likeness (QED) is 0.521. The molecule has 0 aliphatic carbocycles. The molecule has 5 heteroatoms. The zero-order chi connectivity index (χ0) is 18.8. The van der Waals surface area contributed by atoms with Gasteiger partial charge in [0.25, 0.3) is 0 Å². The van der Waals surface area contributed by atoms with Crippen LogP contribution in [0.4, 0.5) is 0 Å². The summed E-state index contributed by atoms with van der Waals surface area (Å²) in [4.78, 5) is 3.62. The van der Waals surface area contributed by atoms with Gasteiger partial charge < -0.3 is 4.74 Å². The molecule has 0 fully saturated rings. The second-order valence-corrected chi connectivity index (χ2v) is 6.50. The predicted octanol–water partition coefficient (Wildman–Crippen LogP) is 3.84. The van der Waals surface area contributed by atoms with Gasteiger partial charge in [-0.25, -0.2) is 0 Å². The Labute approximate surface area is 158 Å². The van der Waals surface area contributed by atoms with E-state index in [0.29, 0.717) is 5.82 Å². The normalized spacial score (nSPS) is 10.8. The first-order valence-electron chi connectivity index (χ1n) is 8.82. The predicted molar refractivity (Wildman–Crippen MR) is 104 cm³/mol. The van der Waals surface area contributed by atoms with Gasteiger partial charge in [-0.2, -0.15) is 0 Å². The molecule has 0 amide bonds. The largest absolute Gasteiger partial charge is 0.497 e. The summed E-state index contributed by atoms with van der Waals surface area (Å²) < 4.78 is 5.27. The second-order valence-electron chi connectivity index (χ2n) is 6.50. The number of nitrogens with zero attached hydrogens (tertiary/aromatic N) is 4. The highest BCUT2D eigenvalue weighted by atomic mass is 16.5. The van der Waals surface area contributed by atoms with Crippen LogP contribution in [0.3, 0.4) is 0 Å². The Morgan fingerprint density at radius 2 is 1.37 bits per heavy atom. The zero-order valence-electron chi connectivity index (χ0n) is 15.6. The molecule has 1 aromatic heterocycles. The van der Waals surface area contributed by atoms with Crippen molar-refractivity contribution in [2.24, 2.45) is 0 Å². The van der Waals surface area contributed by atoms with E-state index in [1.54, 1.807) is 11.9 Å². The van der Waals surface area contributed by atoms with Crippen molar-refractivity contribution in [1.29, 1.82) is 0 Å². The lowest BCUT2D eigenvalue weighted by molar-refractivity contribution is -0.734. The van der Waals surface area contributed by atoms with Crippen molar-refractivity contribution in [2.45, 2.75) is 13.8 Å². The fourth-order valence-corrected chi connectivity index (χ4v) is 2.83. The van der Waals surface area contributed by atoms with Crippen LogP contribution in [0.1, 0.15) is 11.1 Å². The number of rotatable bonds is 4. The molecule has 0 saturated carbocycles. The summed E-state index contributed by atoms with van der Waals surface area (Å²) in [6.07, 6.45) is 0. The topological polar surface area (TPSA) is 43.8 Å². The van der Waals surface area contributed by atoms with Crippen LogP contribution in [0, 0.1) is 13.8 Å². The molecule has 4 aromatic rings. The molecule has 3 aromatic carbocycles. The Morgan fingerprint density at radius 3 is 1.96 bits per heavy atom. The maximum atomic E-state index is 5.27. The first kappa shape index (κ1) is 17.0. The Kier molecular flexibility index (Phi) is 4.42. The number of hydrogen-bond donors (Lipinski definition) is 0. The summed E-state index contributed by atoms with van der Waals surface area (Å²) in [6.45, 7) is 4.14. The minimum atomic E-state index is 0.673. The van der Waals surface area contributed by atoms with Gasteiger partial charge in [0.15, 0.2) is 5.69 Å². The molecule has 0 N–H and O–H groups in total. The van der Waals surface area contributed by atoms with Crippen molar-refractivity contribution in [3.05, 3.63) is 83.9 Å². The molecule has 1 heterocycles. The molecule has 0 aliphatic rings. The van der Waals surface area contributed by atoms with Gasteiger partial charge in [0.2, 0.25) is 0 Å².